The van der Waals surface area contributed by atoms with Crippen LogP contribution in [0.5, 0.6) is 0 Å². The predicted molar refractivity (Wildman–Crippen MR) is 78.0 cm³/mol. The van der Waals surface area contributed by atoms with E-state index in [1.165, 1.54) is 11.6 Å². The second-order valence-electron chi connectivity index (χ2n) is 4.39. The Morgan fingerprint density at radius 1 is 1.16 bits per heavy atom. The number of rotatable bonds is 4. The van der Waals surface area contributed by atoms with Crippen LogP contribution in [-0.4, -0.2) is 5.78 Å². The third-order valence-corrected chi connectivity index (χ3v) is 3.54. The molecule has 1 nitrogen and oxygen atoms in total. The molecule has 98 valence electrons. The zero-order valence-corrected chi connectivity index (χ0v) is 12.2. The summed E-state index contributed by atoms with van der Waals surface area (Å²) < 4.78 is 14.3. The van der Waals surface area contributed by atoms with Gasteiger partial charge in [0.05, 0.1) is 0 Å². The fraction of sp³-hybridized carbons (Fsp3) is 0.188. The lowest BCUT2D eigenvalue weighted by molar-refractivity contribution is 0.0992. The lowest BCUT2D eigenvalue weighted by Gasteiger charge is -2.04. The van der Waals surface area contributed by atoms with Crippen LogP contribution in [0.15, 0.2) is 46.9 Å². The summed E-state index contributed by atoms with van der Waals surface area (Å²) in [5.74, 6) is -0.420. The molecule has 0 aromatic heterocycles. The van der Waals surface area contributed by atoms with Crippen LogP contribution in [0.4, 0.5) is 4.39 Å². The van der Waals surface area contributed by atoms with Crippen molar-refractivity contribution in [2.75, 3.05) is 0 Å². The summed E-state index contributed by atoms with van der Waals surface area (Å²) in [6.45, 7) is 2.06. The number of halogens is 2. The van der Waals surface area contributed by atoms with Crippen LogP contribution >= 0.6 is 15.9 Å². The molecule has 0 aliphatic rings. The summed E-state index contributed by atoms with van der Waals surface area (Å²) in [6, 6.07) is 12.2. The van der Waals surface area contributed by atoms with Gasteiger partial charge in [-0.15, -0.1) is 0 Å². The van der Waals surface area contributed by atoms with Crippen LogP contribution in [0.3, 0.4) is 0 Å². The van der Waals surface area contributed by atoms with Gasteiger partial charge in [-0.25, -0.2) is 4.39 Å². The molecule has 3 heteroatoms. The molecule has 0 spiro atoms. The third-order valence-electron chi connectivity index (χ3n) is 3.05. The summed E-state index contributed by atoms with van der Waals surface area (Å²) >= 11 is 3.20. The molecule has 0 unspecified atom stereocenters. The van der Waals surface area contributed by atoms with E-state index >= 15 is 0 Å². The van der Waals surface area contributed by atoms with Crippen molar-refractivity contribution >= 4 is 21.7 Å². The number of hydrogen-bond donors (Lipinski definition) is 0. The number of hydrogen-bond acceptors (Lipinski definition) is 1. The van der Waals surface area contributed by atoms with Crippen LogP contribution in [-0.2, 0) is 12.8 Å². The molecule has 2 aromatic rings. The second kappa shape index (κ2) is 6.11. The SMILES string of the molecule is CCc1ccc(C(=O)Cc2ccc(Br)cc2F)cc1. The highest BCUT2D eigenvalue weighted by molar-refractivity contribution is 9.10. The second-order valence-corrected chi connectivity index (χ2v) is 5.30. The average molecular weight is 321 g/mol. The molecule has 0 aliphatic heterocycles. The molecule has 0 N–H and O–H groups in total. The van der Waals surface area contributed by atoms with Crippen molar-refractivity contribution in [2.45, 2.75) is 19.8 Å². The summed E-state index contributed by atoms with van der Waals surface area (Å²) in [5, 5.41) is 0. The van der Waals surface area contributed by atoms with Crippen molar-refractivity contribution < 1.29 is 9.18 Å². The smallest absolute Gasteiger partial charge is 0.167 e. The predicted octanol–water partition coefficient (Wildman–Crippen LogP) is 4.58. The Hall–Kier alpha value is -1.48. The summed E-state index contributed by atoms with van der Waals surface area (Å²) in [5.41, 5.74) is 2.23. The molecule has 2 rings (SSSR count). The third kappa shape index (κ3) is 3.51. The molecule has 0 amide bonds. The molecule has 0 bridgehead atoms. The van der Waals surface area contributed by atoms with Gasteiger partial charge in [-0.05, 0) is 29.7 Å². The highest BCUT2D eigenvalue weighted by Crippen LogP contribution is 2.17. The van der Waals surface area contributed by atoms with Gasteiger partial charge in [0.2, 0.25) is 0 Å². The molecule has 0 saturated carbocycles. The standard InChI is InChI=1S/C16H14BrFO/c1-2-11-3-5-12(6-4-11)16(19)9-13-7-8-14(17)10-15(13)18/h3-8,10H,2,9H2,1H3. The number of benzene rings is 2. The fourth-order valence-electron chi connectivity index (χ4n) is 1.87. The quantitative estimate of drug-likeness (QED) is 0.754. The molecule has 0 heterocycles. The number of carbonyl (C=O) groups excluding carboxylic acids is 1. The lowest BCUT2D eigenvalue weighted by atomic mass is 10.0. The molecule has 0 radical (unpaired) electrons. The van der Waals surface area contributed by atoms with Crippen molar-refractivity contribution in [1.82, 2.24) is 0 Å². The van der Waals surface area contributed by atoms with Gasteiger partial charge in [-0.1, -0.05) is 53.2 Å². The zero-order chi connectivity index (χ0) is 13.8. The topological polar surface area (TPSA) is 17.1 Å². The first-order chi connectivity index (χ1) is 9.10. The monoisotopic (exact) mass is 320 g/mol. The first kappa shape index (κ1) is 13.9. The Labute approximate surface area is 120 Å². The highest BCUT2D eigenvalue weighted by Gasteiger charge is 2.10. The van der Waals surface area contributed by atoms with Crippen molar-refractivity contribution in [1.29, 1.82) is 0 Å². The van der Waals surface area contributed by atoms with Crippen LogP contribution in [0.1, 0.15) is 28.4 Å². The van der Waals surface area contributed by atoms with Gasteiger partial charge < -0.3 is 0 Å². The van der Waals surface area contributed by atoms with Crippen molar-refractivity contribution in [3.8, 4) is 0 Å². The molecule has 19 heavy (non-hydrogen) atoms. The molecule has 0 fully saturated rings. The van der Waals surface area contributed by atoms with Crippen LogP contribution < -0.4 is 0 Å². The minimum absolute atomic E-state index is 0.0659. The van der Waals surface area contributed by atoms with Gasteiger partial charge in [0, 0.05) is 16.5 Å². The Bertz CT molecular complexity index is 590. The van der Waals surface area contributed by atoms with Crippen LogP contribution in [0, 0.1) is 5.82 Å². The van der Waals surface area contributed by atoms with Gasteiger partial charge in [-0.3, -0.25) is 4.79 Å². The van der Waals surface area contributed by atoms with Gasteiger partial charge >= 0.3 is 0 Å². The highest BCUT2D eigenvalue weighted by atomic mass is 79.9. The van der Waals surface area contributed by atoms with Gasteiger partial charge in [0.1, 0.15) is 5.82 Å². The zero-order valence-electron chi connectivity index (χ0n) is 10.6. The number of Topliss-reactive ketones (excluding diaryl/α,β-unsaturated/α-hetero) is 1. The number of ketones is 1. The molecule has 0 atom stereocenters. The maximum absolute atomic E-state index is 13.7. The van der Waals surface area contributed by atoms with Crippen LogP contribution in [0.25, 0.3) is 0 Å². The summed E-state index contributed by atoms with van der Waals surface area (Å²) in [7, 11) is 0. The molecule has 0 saturated heterocycles. The van der Waals surface area contributed by atoms with E-state index in [1.54, 1.807) is 24.3 Å². The van der Waals surface area contributed by atoms with Crippen LogP contribution in [0.2, 0.25) is 0 Å². The van der Waals surface area contributed by atoms with Gasteiger partial charge in [-0.2, -0.15) is 0 Å². The summed E-state index contributed by atoms with van der Waals surface area (Å²) in [6.07, 6.45) is 1.03. The van der Waals surface area contributed by atoms with E-state index in [2.05, 4.69) is 22.9 Å². The lowest BCUT2D eigenvalue weighted by Crippen LogP contribution is -2.05. The van der Waals surface area contributed by atoms with E-state index in [4.69, 9.17) is 0 Å². The van der Waals surface area contributed by atoms with Crippen molar-refractivity contribution in [2.24, 2.45) is 0 Å². The summed E-state index contributed by atoms with van der Waals surface area (Å²) in [4.78, 5) is 12.1. The Morgan fingerprint density at radius 3 is 2.42 bits per heavy atom. The maximum Gasteiger partial charge on any atom is 0.167 e. The average Bonchev–Trinajstić information content (AvgIpc) is 2.42. The van der Waals surface area contributed by atoms with E-state index in [-0.39, 0.29) is 18.0 Å². The number of carbonyl (C=O) groups is 1. The Balaban J connectivity index is 2.15. The van der Waals surface area contributed by atoms with E-state index in [0.29, 0.717) is 15.6 Å². The Morgan fingerprint density at radius 2 is 1.84 bits per heavy atom. The van der Waals surface area contributed by atoms with E-state index in [9.17, 15) is 9.18 Å². The number of aryl methyl sites for hydroxylation is 1. The normalized spacial score (nSPS) is 10.5. The molecule has 2 aromatic carbocycles. The molecular formula is C16H14BrFO. The van der Waals surface area contributed by atoms with E-state index in [1.807, 2.05) is 12.1 Å². The van der Waals surface area contributed by atoms with E-state index in [0.717, 1.165) is 6.42 Å². The minimum atomic E-state index is -0.354. The maximum atomic E-state index is 13.7. The van der Waals surface area contributed by atoms with E-state index < -0.39 is 0 Å². The largest absolute Gasteiger partial charge is 0.294 e. The fourth-order valence-corrected chi connectivity index (χ4v) is 2.20. The van der Waals surface area contributed by atoms with Gasteiger partial charge in [0.25, 0.3) is 0 Å². The van der Waals surface area contributed by atoms with Crippen molar-refractivity contribution in [3.05, 3.63) is 69.4 Å². The van der Waals surface area contributed by atoms with Crippen molar-refractivity contribution in [3.63, 3.8) is 0 Å². The first-order valence-corrected chi connectivity index (χ1v) is 6.95. The minimum Gasteiger partial charge on any atom is -0.294 e. The molecular weight excluding hydrogens is 307 g/mol. The van der Waals surface area contributed by atoms with Gasteiger partial charge in [0.15, 0.2) is 5.78 Å². The first-order valence-electron chi connectivity index (χ1n) is 6.16. The Kier molecular flexibility index (Phi) is 4.48. The molecule has 0 aliphatic carbocycles.